The van der Waals surface area contributed by atoms with Gasteiger partial charge in [-0.3, -0.25) is 47.4 Å². The molecule has 2 aromatic carbocycles. The molecule has 0 spiro atoms. The van der Waals surface area contributed by atoms with Gasteiger partial charge < -0.3 is 24.4 Å². The van der Waals surface area contributed by atoms with Gasteiger partial charge in [0.1, 0.15) is 34.6 Å². The van der Waals surface area contributed by atoms with E-state index in [2.05, 4.69) is 19.9 Å². The van der Waals surface area contributed by atoms with Crippen LogP contribution in [0.4, 0.5) is 0 Å². The SMILES string of the molecule is CCCCn1c(=O)c2c(C(O)c3ccc(Cl)cc3)c(Oc3cccnc3)cnc2n(C)c1=O.Cn1c(=O)n(CCCOC=O)c(=O)c2c(Cc3ccc(Cl)cc3)c(Oc3cccnc3)cnc21.O=CO.[Zn]. The third kappa shape index (κ3) is 13.1. The van der Waals surface area contributed by atoms with E-state index in [1.54, 1.807) is 93.3 Å². The van der Waals surface area contributed by atoms with Gasteiger partial charge in [-0.2, -0.15) is 0 Å². The van der Waals surface area contributed by atoms with E-state index in [1.807, 2.05) is 19.1 Å². The molecule has 0 saturated heterocycles. The Hall–Kier alpha value is -7.38. The van der Waals surface area contributed by atoms with Gasteiger partial charge in [-0.05, 0) is 72.5 Å². The van der Waals surface area contributed by atoms with Crippen LogP contribution in [0.3, 0.4) is 0 Å². The first-order valence-electron chi connectivity index (χ1n) is 21.5. The first kappa shape index (κ1) is 54.6. The monoisotopic (exact) mass is 1060 g/mol. The summed E-state index contributed by atoms with van der Waals surface area (Å²) in [6.07, 6.45) is 10.1. The Balaban J connectivity index is 0.000000247. The van der Waals surface area contributed by atoms with Crippen LogP contribution in [-0.4, -0.2) is 68.0 Å². The number of ether oxygens (including phenoxy) is 3. The number of aliphatic hydroxyl groups is 1. The van der Waals surface area contributed by atoms with Gasteiger partial charge in [-0.15, -0.1) is 0 Å². The minimum atomic E-state index is -1.23. The molecule has 0 aliphatic carbocycles. The quantitative estimate of drug-likeness (QED) is 0.0588. The average Bonchev–Trinajstić information content (AvgIpc) is 3.37. The van der Waals surface area contributed by atoms with Crippen molar-refractivity contribution in [1.82, 2.24) is 38.2 Å². The van der Waals surface area contributed by atoms with Crippen LogP contribution in [0.2, 0.25) is 10.0 Å². The van der Waals surface area contributed by atoms with Gasteiger partial charge in [0.15, 0.2) is 5.75 Å². The molecule has 0 radical (unpaired) electrons. The summed E-state index contributed by atoms with van der Waals surface area (Å²) >= 11 is 12.1. The molecule has 364 valence electrons. The summed E-state index contributed by atoms with van der Waals surface area (Å²) in [6.45, 7) is 2.51. The van der Waals surface area contributed by atoms with Gasteiger partial charge in [-0.25, -0.2) is 19.6 Å². The summed E-state index contributed by atoms with van der Waals surface area (Å²) in [6, 6.07) is 20.8. The normalized spacial score (nSPS) is 11.0. The number of aromatic nitrogens is 8. The van der Waals surface area contributed by atoms with E-state index in [1.165, 1.54) is 32.3 Å². The minimum absolute atomic E-state index is 0. The predicted octanol–water partition coefficient (Wildman–Crippen LogP) is 6.61. The zero-order chi connectivity index (χ0) is 50.3. The molecule has 0 bridgehead atoms. The fourth-order valence-electron chi connectivity index (χ4n) is 7.32. The molecule has 8 rings (SSSR count). The molecule has 71 heavy (non-hydrogen) atoms. The number of carboxylic acid groups (broad SMARTS) is 1. The van der Waals surface area contributed by atoms with Crippen molar-refractivity contribution in [2.75, 3.05) is 6.61 Å². The number of benzene rings is 2. The topological polar surface area (TPSA) is 242 Å². The Morgan fingerprint density at radius 1 is 0.690 bits per heavy atom. The van der Waals surface area contributed by atoms with Crippen LogP contribution in [0.15, 0.2) is 129 Å². The standard InChI is InChI=1S/C24H21ClN4O5.C24H23ClN4O4.CH2O2.Zn/c1-28-22-21(23(31)29(24(28)32)10-3-11-33-15-30)19(12-16-5-7-17(25)8-6-16)20(14-27-22)34-18-4-2-9-26-13-18;1-3-4-12-29-23(31)20-19(21(30)15-7-9-16(25)10-8-15)18(33-17-6-5-11-26-13-17)14-27-22(20)28(2)24(29)32;2-1-3;/h2,4-9,13-15H,3,10-12H2,1H3;5-11,13-14,21,30H,3-4,12H2,1-2H3;1H,(H,2,3);. The van der Waals surface area contributed by atoms with Crippen LogP contribution in [0, 0.1) is 0 Å². The third-order valence-electron chi connectivity index (χ3n) is 10.7. The second-order valence-electron chi connectivity index (χ2n) is 15.2. The number of pyridine rings is 4. The largest absolute Gasteiger partial charge is 0.483 e. The number of unbranched alkanes of at least 4 members (excludes halogenated alkanes) is 1. The average molecular weight is 1060 g/mol. The molecule has 0 saturated carbocycles. The second-order valence-corrected chi connectivity index (χ2v) is 16.1. The molecule has 0 aliphatic heterocycles. The molecule has 1 unspecified atom stereocenters. The maximum Gasteiger partial charge on any atom is 0.332 e. The van der Waals surface area contributed by atoms with E-state index in [0.717, 1.165) is 16.6 Å². The summed E-state index contributed by atoms with van der Waals surface area (Å²) in [5, 5.41) is 19.8. The number of carbonyl (C=O) groups is 2. The summed E-state index contributed by atoms with van der Waals surface area (Å²) in [4.78, 5) is 88.4. The molecular formula is C49H46Cl2N8O11Zn. The fourth-order valence-corrected chi connectivity index (χ4v) is 7.57. The van der Waals surface area contributed by atoms with Crippen LogP contribution in [0.5, 0.6) is 23.0 Å². The molecule has 0 amide bonds. The van der Waals surface area contributed by atoms with Gasteiger partial charge in [0, 0.05) is 86.6 Å². The van der Waals surface area contributed by atoms with Crippen molar-refractivity contribution in [2.24, 2.45) is 14.1 Å². The van der Waals surface area contributed by atoms with Gasteiger partial charge in [0.2, 0.25) is 0 Å². The number of halogens is 2. The van der Waals surface area contributed by atoms with Gasteiger partial charge in [0.05, 0.1) is 42.2 Å². The number of rotatable bonds is 16. The van der Waals surface area contributed by atoms with Crippen molar-refractivity contribution in [2.45, 2.75) is 51.8 Å². The zero-order valence-corrected chi connectivity index (χ0v) is 43.2. The Labute approximate surface area is 427 Å². The summed E-state index contributed by atoms with van der Waals surface area (Å²) in [5.74, 6) is 1.47. The van der Waals surface area contributed by atoms with Gasteiger partial charge in [0.25, 0.3) is 24.1 Å². The maximum atomic E-state index is 13.5. The minimum Gasteiger partial charge on any atom is -0.483 e. The Morgan fingerprint density at radius 3 is 1.70 bits per heavy atom. The van der Waals surface area contributed by atoms with Crippen molar-refractivity contribution in [3.8, 4) is 23.0 Å². The summed E-state index contributed by atoms with van der Waals surface area (Å²) in [5.41, 5.74) is 0.647. The van der Waals surface area contributed by atoms with Crippen LogP contribution in [-0.2, 0) is 67.4 Å². The van der Waals surface area contributed by atoms with Crippen LogP contribution in [0.1, 0.15) is 54.5 Å². The summed E-state index contributed by atoms with van der Waals surface area (Å²) in [7, 11) is 3.11. The zero-order valence-electron chi connectivity index (χ0n) is 38.7. The molecule has 6 heterocycles. The first-order valence-corrected chi connectivity index (χ1v) is 22.3. The Bertz CT molecular complexity index is 3340. The van der Waals surface area contributed by atoms with Crippen molar-refractivity contribution < 1.29 is 53.5 Å². The second kappa shape index (κ2) is 26.0. The van der Waals surface area contributed by atoms with E-state index < -0.39 is 28.6 Å². The van der Waals surface area contributed by atoms with E-state index in [0.29, 0.717) is 64.2 Å². The molecule has 1 atom stereocenters. The molecule has 2 N–H and O–H groups in total. The van der Waals surface area contributed by atoms with E-state index >= 15 is 0 Å². The van der Waals surface area contributed by atoms with E-state index in [9.17, 15) is 29.1 Å². The van der Waals surface area contributed by atoms with E-state index in [4.69, 9.17) is 47.3 Å². The van der Waals surface area contributed by atoms with Gasteiger partial charge in [-0.1, -0.05) is 60.8 Å². The number of aliphatic hydroxyl groups excluding tert-OH is 1. The number of nitrogens with zero attached hydrogens (tertiary/aromatic N) is 8. The number of hydrogen-bond donors (Lipinski definition) is 2. The molecule has 0 aliphatic rings. The predicted molar refractivity (Wildman–Crippen MR) is 261 cm³/mol. The molecule has 8 aromatic rings. The fraction of sp³-hybridized carbons (Fsp3) is 0.224. The van der Waals surface area contributed by atoms with Crippen LogP contribution < -0.4 is 32.0 Å². The van der Waals surface area contributed by atoms with Crippen molar-refractivity contribution in [3.05, 3.63) is 184 Å². The Morgan fingerprint density at radius 2 is 1.18 bits per heavy atom. The summed E-state index contributed by atoms with van der Waals surface area (Å²) < 4.78 is 21.7. The molecule has 0 fully saturated rings. The third-order valence-corrected chi connectivity index (χ3v) is 11.2. The van der Waals surface area contributed by atoms with Crippen molar-refractivity contribution in [3.63, 3.8) is 0 Å². The van der Waals surface area contributed by atoms with Crippen LogP contribution in [0.25, 0.3) is 22.1 Å². The molecule has 6 aromatic heterocycles. The van der Waals surface area contributed by atoms with E-state index in [-0.39, 0.29) is 79.0 Å². The molecular weight excluding hydrogens is 1010 g/mol. The Kier molecular flexibility index (Phi) is 20.0. The number of hydrogen-bond acceptors (Lipinski definition) is 14. The molecule has 22 heteroatoms. The number of fused-ring (bicyclic) bond motifs is 2. The van der Waals surface area contributed by atoms with Crippen LogP contribution >= 0.6 is 23.2 Å². The maximum absolute atomic E-state index is 13.5. The molecule has 19 nitrogen and oxygen atoms in total. The van der Waals surface area contributed by atoms with Crippen molar-refractivity contribution >= 4 is 58.2 Å². The number of carbonyl (C=O) groups excluding carboxylic acids is 1. The number of aryl methyl sites for hydroxylation is 2. The first-order chi connectivity index (χ1) is 33.8. The smallest absolute Gasteiger partial charge is 0.332 e. The van der Waals surface area contributed by atoms with Crippen molar-refractivity contribution in [1.29, 1.82) is 0 Å². The van der Waals surface area contributed by atoms with Gasteiger partial charge >= 0.3 is 11.4 Å².